The molecule has 0 aliphatic carbocycles. The number of benzene rings is 1. The highest BCUT2D eigenvalue weighted by atomic mass is 16.3. The minimum absolute atomic E-state index is 0.0336. The number of aryl methyl sites for hydroxylation is 3. The van der Waals surface area contributed by atoms with E-state index < -0.39 is 17.8 Å². The lowest BCUT2D eigenvalue weighted by molar-refractivity contribution is -0.130. The maximum absolute atomic E-state index is 12.7. The summed E-state index contributed by atoms with van der Waals surface area (Å²) >= 11 is 0. The van der Waals surface area contributed by atoms with Gasteiger partial charge in [0.2, 0.25) is 0 Å². The lowest BCUT2D eigenvalue weighted by atomic mass is 9.97. The molecule has 3 rings (SSSR count). The number of carbonyl (C=O) groups excluding carboxylic acids is 3. The van der Waals surface area contributed by atoms with Gasteiger partial charge in [-0.25, -0.2) is 4.79 Å². The van der Waals surface area contributed by atoms with E-state index in [1.54, 1.807) is 18.2 Å². The lowest BCUT2D eigenvalue weighted by Crippen LogP contribution is -2.53. The minimum Gasteiger partial charge on any atom is -0.467 e. The van der Waals surface area contributed by atoms with E-state index in [0.717, 1.165) is 27.2 Å². The van der Waals surface area contributed by atoms with Crippen molar-refractivity contribution in [2.45, 2.75) is 27.3 Å². The standard InChI is InChI=1S/C19H18N2O4/c1-11-7-12(2)15(13(3)8-11)9-16-17(22)20-19(24)21(18(16)23)10-14-5-4-6-25-14/h4-9H,10H2,1-3H3,(H,20,22,24). The zero-order valence-corrected chi connectivity index (χ0v) is 14.3. The molecular formula is C19H18N2O4. The van der Waals surface area contributed by atoms with Crippen LogP contribution >= 0.6 is 0 Å². The van der Waals surface area contributed by atoms with Gasteiger partial charge in [0.05, 0.1) is 12.8 Å². The van der Waals surface area contributed by atoms with Gasteiger partial charge in [0.1, 0.15) is 11.3 Å². The number of imide groups is 2. The van der Waals surface area contributed by atoms with E-state index in [2.05, 4.69) is 5.32 Å². The van der Waals surface area contributed by atoms with E-state index in [1.165, 1.54) is 6.26 Å². The minimum atomic E-state index is -0.749. The Balaban J connectivity index is 1.99. The van der Waals surface area contributed by atoms with Crippen LogP contribution < -0.4 is 5.32 Å². The van der Waals surface area contributed by atoms with Gasteiger partial charge in [0.25, 0.3) is 11.8 Å². The van der Waals surface area contributed by atoms with Gasteiger partial charge in [0.15, 0.2) is 0 Å². The molecule has 2 aromatic rings. The molecule has 6 nitrogen and oxygen atoms in total. The van der Waals surface area contributed by atoms with E-state index in [9.17, 15) is 14.4 Å². The summed E-state index contributed by atoms with van der Waals surface area (Å²) in [6.07, 6.45) is 3.01. The molecule has 4 amide bonds. The van der Waals surface area contributed by atoms with Crippen molar-refractivity contribution in [3.63, 3.8) is 0 Å². The van der Waals surface area contributed by atoms with E-state index >= 15 is 0 Å². The Bertz CT molecular complexity index is 871. The first-order chi connectivity index (χ1) is 11.9. The summed E-state index contributed by atoms with van der Waals surface area (Å²) in [5.74, 6) is -0.866. The van der Waals surface area contributed by atoms with Gasteiger partial charge in [-0.3, -0.25) is 19.8 Å². The van der Waals surface area contributed by atoms with Crippen molar-refractivity contribution in [1.82, 2.24) is 10.2 Å². The number of carbonyl (C=O) groups is 3. The quantitative estimate of drug-likeness (QED) is 0.689. The van der Waals surface area contributed by atoms with Gasteiger partial charge in [-0.2, -0.15) is 0 Å². The van der Waals surface area contributed by atoms with E-state index in [4.69, 9.17) is 4.42 Å². The summed E-state index contributed by atoms with van der Waals surface area (Å²) < 4.78 is 5.19. The van der Waals surface area contributed by atoms with Crippen molar-refractivity contribution in [2.24, 2.45) is 0 Å². The molecule has 1 aromatic carbocycles. The largest absolute Gasteiger partial charge is 0.467 e. The fraction of sp³-hybridized carbons (Fsp3) is 0.211. The Hall–Kier alpha value is -3.15. The molecule has 2 heterocycles. The lowest BCUT2D eigenvalue weighted by Gasteiger charge is -2.25. The molecule has 0 atom stereocenters. The predicted octanol–water partition coefficient (Wildman–Crippen LogP) is 2.87. The molecule has 1 aliphatic heterocycles. The van der Waals surface area contributed by atoms with Crippen LogP contribution in [0, 0.1) is 20.8 Å². The van der Waals surface area contributed by atoms with Crippen LogP contribution in [-0.4, -0.2) is 22.7 Å². The Labute approximate surface area is 145 Å². The Morgan fingerprint density at radius 2 is 1.80 bits per heavy atom. The number of nitrogens with one attached hydrogen (secondary N) is 1. The Morgan fingerprint density at radius 1 is 1.12 bits per heavy atom. The monoisotopic (exact) mass is 338 g/mol. The molecular weight excluding hydrogens is 320 g/mol. The highest BCUT2D eigenvalue weighted by Gasteiger charge is 2.36. The number of hydrogen-bond donors (Lipinski definition) is 1. The molecule has 1 saturated heterocycles. The Kier molecular flexibility index (Phi) is 4.27. The van der Waals surface area contributed by atoms with E-state index in [-0.39, 0.29) is 12.1 Å². The van der Waals surface area contributed by atoms with E-state index in [0.29, 0.717) is 5.76 Å². The first-order valence-electron chi connectivity index (χ1n) is 7.86. The van der Waals surface area contributed by atoms with Crippen molar-refractivity contribution >= 4 is 23.9 Å². The fourth-order valence-corrected chi connectivity index (χ4v) is 2.96. The molecule has 25 heavy (non-hydrogen) atoms. The van der Waals surface area contributed by atoms with Crippen molar-refractivity contribution in [2.75, 3.05) is 0 Å². The normalized spacial score (nSPS) is 16.5. The molecule has 1 aromatic heterocycles. The third-order valence-corrected chi connectivity index (χ3v) is 4.11. The van der Waals surface area contributed by atoms with Gasteiger partial charge in [-0.15, -0.1) is 0 Å². The summed E-state index contributed by atoms with van der Waals surface area (Å²) in [4.78, 5) is 37.9. The number of urea groups is 1. The summed E-state index contributed by atoms with van der Waals surface area (Å²) in [6, 6.07) is 6.55. The van der Waals surface area contributed by atoms with Crippen LogP contribution in [0.25, 0.3) is 6.08 Å². The van der Waals surface area contributed by atoms with Crippen molar-refractivity contribution in [3.05, 3.63) is 64.1 Å². The molecule has 0 radical (unpaired) electrons. The number of amides is 4. The molecule has 1 N–H and O–H groups in total. The van der Waals surface area contributed by atoms with Gasteiger partial charge in [-0.05, 0) is 55.7 Å². The van der Waals surface area contributed by atoms with Crippen LogP contribution in [-0.2, 0) is 16.1 Å². The number of furan rings is 1. The molecule has 0 bridgehead atoms. The van der Waals surface area contributed by atoms with Crippen LogP contribution in [0.1, 0.15) is 28.0 Å². The van der Waals surface area contributed by atoms with Gasteiger partial charge < -0.3 is 4.42 Å². The topological polar surface area (TPSA) is 79.6 Å². The molecule has 0 unspecified atom stereocenters. The first-order valence-corrected chi connectivity index (χ1v) is 7.86. The van der Waals surface area contributed by atoms with Gasteiger partial charge in [0, 0.05) is 0 Å². The van der Waals surface area contributed by atoms with Crippen LogP contribution in [0.2, 0.25) is 0 Å². The highest BCUT2D eigenvalue weighted by Crippen LogP contribution is 2.22. The molecule has 6 heteroatoms. The third kappa shape index (κ3) is 3.24. The molecule has 1 fully saturated rings. The number of nitrogens with zero attached hydrogens (tertiary/aromatic N) is 1. The number of rotatable bonds is 3. The average molecular weight is 338 g/mol. The molecule has 1 aliphatic rings. The third-order valence-electron chi connectivity index (χ3n) is 4.11. The second-order valence-corrected chi connectivity index (χ2v) is 6.10. The van der Waals surface area contributed by atoms with Crippen LogP contribution in [0.15, 0.2) is 40.5 Å². The molecule has 0 spiro atoms. The zero-order chi connectivity index (χ0) is 18.1. The second kappa shape index (κ2) is 6.39. The van der Waals surface area contributed by atoms with Gasteiger partial charge >= 0.3 is 6.03 Å². The number of hydrogen-bond acceptors (Lipinski definition) is 4. The molecule has 0 saturated carbocycles. The number of barbiturate groups is 1. The first kappa shape index (κ1) is 16.7. The second-order valence-electron chi connectivity index (χ2n) is 6.10. The summed E-state index contributed by atoms with van der Waals surface area (Å²) in [5, 5.41) is 2.21. The van der Waals surface area contributed by atoms with Crippen LogP contribution in [0.5, 0.6) is 0 Å². The summed E-state index contributed by atoms with van der Waals surface area (Å²) in [7, 11) is 0. The van der Waals surface area contributed by atoms with Gasteiger partial charge in [-0.1, -0.05) is 17.7 Å². The SMILES string of the molecule is Cc1cc(C)c(C=C2C(=O)NC(=O)N(Cc3ccco3)C2=O)c(C)c1. The maximum Gasteiger partial charge on any atom is 0.331 e. The van der Waals surface area contributed by atoms with Crippen LogP contribution in [0.3, 0.4) is 0 Å². The summed E-state index contributed by atoms with van der Waals surface area (Å²) in [5.41, 5.74) is 3.75. The fourth-order valence-electron chi connectivity index (χ4n) is 2.96. The van der Waals surface area contributed by atoms with Crippen LogP contribution in [0.4, 0.5) is 4.79 Å². The zero-order valence-electron chi connectivity index (χ0n) is 14.3. The highest BCUT2D eigenvalue weighted by molar-refractivity contribution is 6.31. The van der Waals surface area contributed by atoms with Crippen molar-refractivity contribution in [1.29, 1.82) is 0 Å². The maximum atomic E-state index is 12.7. The van der Waals surface area contributed by atoms with Crippen molar-refractivity contribution < 1.29 is 18.8 Å². The average Bonchev–Trinajstić information content (AvgIpc) is 3.03. The van der Waals surface area contributed by atoms with Crippen molar-refractivity contribution in [3.8, 4) is 0 Å². The Morgan fingerprint density at radius 3 is 2.40 bits per heavy atom. The predicted molar refractivity (Wildman–Crippen MR) is 91.4 cm³/mol. The summed E-state index contributed by atoms with van der Waals surface area (Å²) in [6.45, 7) is 5.79. The molecule has 128 valence electrons. The smallest absolute Gasteiger partial charge is 0.331 e. The van der Waals surface area contributed by atoms with E-state index in [1.807, 2.05) is 32.9 Å².